The largest absolute Gasteiger partial charge is 0.461 e. The second kappa shape index (κ2) is 11.6. The summed E-state index contributed by atoms with van der Waals surface area (Å²) in [7, 11) is 0. The van der Waals surface area contributed by atoms with Crippen molar-refractivity contribution in [3.63, 3.8) is 0 Å². The third-order valence-electron chi connectivity index (χ3n) is 10.4. The van der Waals surface area contributed by atoms with E-state index in [0.717, 1.165) is 44.2 Å². The molecule has 2 aromatic heterocycles. The zero-order valence-corrected chi connectivity index (χ0v) is 28.5. The molecule has 10 rings (SSSR count). The number of hydrogen-bond donors (Lipinski definition) is 0. The van der Waals surface area contributed by atoms with Crippen molar-refractivity contribution >= 4 is 54.5 Å². The Kier molecular flexibility index (Phi) is 6.72. The Morgan fingerprint density at radius 3 is 1.55 bits per heavy atom. The van der Waals surface area contributed by atoms with E-state index in [4.69, 9.17) is 8.83 Å². The van der Waals surface area contributed by atoms with Crippen LogP contribution in [0.15, 0.2) is 173 Å². The molecule has 0 saturated carbocycles. The average molecular weight is 655 g/mol. The van der Waals surface area contributed by atoms with Crippen LogP contribution in [0, 0.1) is 0 Å². The second-order valence-electron chi connectivity index (χ2n) is 13.8. The molecule has 0 amide bonds. The molecule has 0 aliphatic carbocycles. The Labute approximate surface area is 296 Å². The van der Waals surface area contributed by atoms with E-state index in [1.165, 1.54) is 60.5 Å². The van der Waals surface area contributed by atoms with Crippen molar-refractivity contribution in [1.29, 1.82) is 0 Å². The van der Waals surface area contributed by atoms with E-state index in [2.05, 4.69) is 178 Å². The molecule has 242 valence electrons. The van der Waals surface area contributed by atoms with Crippen molar-refractivity contribution < 1.29 is 8.83 Å². The summed E-state index contributed by atoms with van der Waals surface area (Å²) in [6, 6.07) is 59.0. The fourth-order valence-electron chi connectivity index (χ4n) is 7.96. The van der Waals surface area contributed by atoms with Crippen LogP contribution in [0.4, 0.5) is 0 Å². The topological polar surface area (TPSA) is 26.3 Å². The van der Waals surface area contributed by atoms with Crippen molar-refractivity contribution in [3.05, 3.63) is 170 Å². The maximum atomic E-state index is 6.55. The van der Waals surface area contributed by atoms with Crippen molar-refractivity contribution in [2.45, 2.75) is 19.8 Å². The average Bonchev–Trinajstić information content (AvgIpc) is 3.78. The minimum atomic E-state index is 0.338. The summed E-state index contributed by atoms with van der Waals surface area (Å²) in [5.41, 5.74) is 12.3. The molecule has 0 bridgehead atoms. The van der Waals surface area contributed by atoms with E-state index in [0.29, 0.717) is 5.92 Å². The fraction of sp³-hybridized carbons (Fsp3) is 0.0612. The molecular formula is C49H34O2. The first-order valence-electron chi connectivity index (χ1n) is 17.7. The number of fused-ring (bicyclic) bond motifs is 6. The van der Waals surface area contributed by atoms with Crippen LogP contribution >= 0.6 is 0 Å². The summed E-state index contributed by atoms with van der Waals surface area (Å²) in [6.07, 6.45) is 0. The van der Waals surface area contributed by atoms with E-state index in [1.54, 1.807) is 0 Å². The molecule has 2 nitrogen and oxygen atoms in total. The SMILES string of the molecule is CC(C)c1cc2cc(-c3c4ccccc4c(-c4ccc5oc6cc(-c7ccccc7-c7ccccc7)ccc6c5c4)c4ccccc34)ccc2o1. The van der Waals surface area contributed by atoms with Crippen LogP contribution < -0.4 is 0 Å². The van der Waals surface area contributed by atoms with Gasteiger partial charge in [0.15, 0.2) is 0 Å². The Morgan fingerprint density at radius 1 is 0.353 bits per heavy atom. The summed E-state index contributed by atoms with van der Waals surface area (Å²) in [5, 5.41) is 8.30. The highest BCUT2D eigenvalue weighted by molar-refractivity contribution is 6.22. The third-order valence-corrected chi connectivity index (χ3v) is 10.4. The third kappa shape index (κ3) is 4.79. The van der Waals surface area contributed by atoms with Crippen LogP contribution in [0.3, 0.4) is 0 Å². The number of rotatable bonds is 5. The lowest BCUT2D eigenvalue weighted by Gasteiger charge is -2.17. The van der Waals surface area contributed by atoms with Gasteiger partial charge < -0.3 is 8.83 Å². The van der Waals surface area contributed by atoms with Crippen LogP contribution in [0.2, 0.25) is 0 Å². The molecule has 0 N–H and O–H groups in total. The standard InChI is InChI=1S/C49H34O2/c1-30(2)46-29-35-26-33(21-24-44(35)50-46)48-39-16-8-10-18-41(39)49(42-19-11-9-17-40(42)48)34-22-25-45-43(27-34)38-23-20-32(28-47(38)51-45)37-15-7-6-14-36(37)31-12-4-3-5-13-31/h3-30H,1-2H3. The van der Waals surface area contributed by atoms with Gasteiger partial charge in [-0.15, -0.1) is 0 Å². The van der Waals surface area contributed by atoms with Gasteiger partial charge in [0.05, 0.1) is 0 Å². The molecule has 2 heteroatoms. The molecule has 51 heavy (non-hydrogen) atoms. The Hall–Kier alpha value is -6.38. The number of hydrogen-bond acceptors (Lipinski definition) is 2. The highest BCUT2D eigenvalue weighted by Crippen LogP contribution is 2.46. The Balaban J connectivity index is 1.15. The zero-order valence-electron chi connectivity index (χ0n) is 28.5. The summed E-state index contributed by atoms with van der Waals surface area (Å²) in [6.45, 7) is 4.34. The van der Waals surface area contributed by atoms with Crippen molar-refractivity contribution in [2.75, 3.05) is 0 Å². The zero-order chi connectivity index (χ0) is 34.1. The molecule has 0 aliphatic heterocycles. The van der Waals surface area contributed by atoms with Gasteiger partial charge in [0, 0.05) is 22.1 Å². The van der Waals surface area contributed by atoms with Gasteiger partial charge in [0.25, 0.3) is 0 Å². The van der Waals surface area contributed by atoms with Gasteiger partial charge in [-0.05, 0) is 109 Å². The van der Waals surface area contributed by atoms with E-state index in [9.17, 15) is 0 Å². The molecule has 0 spiro atoms. The van der Waals surface area contributed by atoms with Crippen molar-refractivity contribution in [3.8, 4) is 44.5 Å². The van der Waals surface area contributed by atoms with E-state index in [-0.39, 0.29) is 0 Å². The molecule has 2 heterocycles. The summed E-state index contributed by atoms with van der Waals surface area (Å²) in [5.74, 6) is 1.35. The predicted molar refractivity (Wildman–Crippen MR) is 214 cm³/mol. The summed E-state index contributed by atoms with van der Waals surface area (Å²) < 4.78 is 12.7. The molecule has 0 saturated heterocycles. The Morgan fingerprint density at radius 2 is 0.902 bits per heavy atom. The van der Waals surface area contributed by atoms with E-state index >= 15 is 0 Å². The number of furan rings is 2. The quantitative estimate of drug-likeness (QED) is 0.173. The summed E-state index contributed by atoms with van der Waals surface area (Å²) >= 11 is 0. The highest BCUT2D eigenvalue weighted by Gasteiger charge is 2.19. The molecule has 0 unspecified atom stereocenters. The van der Waals surface area contributed by atoms with Crippen LogP contribution in [0.5, 0.6) is 0 Å². The second-order valence-corrected chi connectivity index (χ2v) is 13.8. The van der Waals surface area contributed by atoms with Gasteiger partial charge >= 0.3 is 0 Å². The first kappa shape index (κ1) is 29.5. The van der Waals surface area contributed by atoms with Gasteiger partial charge in [0.2, 0.25) is 0 Å². The van der Waals surface area contributed by atoms with Gasteiger partial charge in [-0.2, -0.15) is 0 Å². The minimum Gasteiger partial charge on any atom is -0.461 e. The van der Waals surface area contributed by atoms with Crippen molar-refractivity contribution in [1.82, 2.24) is 0 Å². The van der Waals surface area contributed by atoms with Crippen LogP contribution in [0.25, 0.3) is 99.0 Å². The Bertz CT molecular complexity index is 2880. The lowest BCUT2D eigenvalue weighted by molar-refractivity contribution is 0.522. The van der Waals surface area contributed by atoms with Gasteiger partial charge in [0.1, 0.15) is 22.5 Å². The maximum Gasteiger partial charge on any atom is 0.136 e. The lowest BCUT2D eigenvalue weighted by Crippen LogP contribution is -1.90. The number of benzene rings is 8. The first-order valence-corrected chi connectivity index (χ1v) is 17.7. The molecule has 0 fully saturated rings. The molecule has 0 atom stereocenters. The molecule has 10 aromatic rings. The van der Waals surface area contributed by atoms with E-state index in [1.807, 2.05) is 0 Å². The molecule has 0 radical (unpaired) electrons. The van der Waals surface area contributed by atoms with Crippen LogP contribution in [0.1, 0.15) is 25.5 Å². The highest BCUT2D eigenvalue weighted by atomic mass is 16.3. The summed E-state index contributed by atoms with van der Waals surface area (Å²) in [4.78, 5) is 0. The molecule has 0 aliphatic rings. The molecule has 8 aromatic carbocycles. The van der Waals surface area contributed by atoms with Crippen LogP contribution in [-0.2, 0) is 0 Å². The predicted octanol–water partition coefficient (Wildman–Crippen LogP) is 14.4. The monoisotopic (exact) mass is 654 g/mol. The smallest absolute Gasteiger partial charge is 0.136 e. The minimum absolute atomic E-state index is 0.338. The first-order chi connectivity index (χ1) is 25.1. The lowest BCUT2D eigenvalue weighted by atomic mass is 9.85. The van der Waals surface area contributed by atoms with Gasteiger partial charge in [-0.1, -0.05) is 135 Å². The van der Waals surface area contributed by atoms with Crippen molar-refractivity contribution in [2.24, 2.45) is 0 Å². The normalized spacial score (nSPS) is 11.9. The maximum absolute atomic E-state index is 6.55. The fourth-order valence-corrected chi connectivity index (χ4v) is 7.96. The van der Waals surface area contributed by atoms with Gasteiger partial charge in [-0.3, -0.25) is 0 Å². The molecular weight excluding hydrogens is 621 g/mol. The van der Waals surface area contributed by atoms with E-state index < -0.39 is 0 Å². The van der Waals surface area contributed by atoms with Crippen LogP contribution in [-0.4, -0.2) is 0 Å². The van der Waals surface area contributed by atoms with Gasteiger partial charge in [-0.25, -0.2) is 0 Å².